The Hall–Kier alpha value is -2.57. The Labute approximate surface area is 107 Å². The van der Waals surface area contributed by atoms with Gasteiger partial charge in [-0.3, -0.25) is 0 Å². The molecule has 0 saturated carbocycles. The van der Waals surface area contributed by atoms with Gasteiger partial charge in [0.15, 0.2) is 0 Å². The molecule has 0 radical (unpaired) electrons. The van der Waals surface area contributed by atoms with Gasteiger partial charge in [0.1, 0.15) is 0 Å². The summed E-state index contributed by atoms with van der Waals surface area (Å²) in [5, 5.41) is 10.0. The molecule has 0 unspecified atom stereocenters. The van der Waals surface area contributed by atoms with Crippen molar-refractivity contribution in [3.63, 3.8) is 0 Å². The van der Waals surface area contributed by atoms with Crippen molar-refractivity contribution in [2.45, 2.75) is 4.90 Å². The number of carbonyl (C=O) groups is 1. The van der Waals surface area contributed by atoms with E-state index in [9.17, 15) is 18.3 Å². The van der Waals surface area contributed by atoms with Crippen LogP contribution in [0, 0.1) is 0 Å². The van der Waals surface area contributed by atoms with Gasteiger partial charge in [-0.2, -0.15) is 0 Å². The summed E-state index contributed by atoms with van der Waals surface area (Å²) in [5.74, 6) is -1.40. The molecule has 0 aliphatic rings. The molecule has 0 spiro atoms. The van der Waals surface area contributed by atoms with Crippen LogP contribution in [0.5, 0.6) is 0 Å². The van der Waals surface area contributed by atoms with Crippen LogP contribution in [0.4, 0.5) is 0 Å². The molecule has 0 fully saturated rings. The van der Waals surface area contributed by atoms with E-state index in [-0.39, 0.29) is 5.39 Å². The van der Waals surface area contributed by atoms with Crippen LogP contribution < -0.4 is 0 Å². The second kappa shape index (κ2) is 4.60. The van der Waals surface area contributed by atoms with Gasteiger partial charge in [0.05, 0.1) is 10.5 Å². The maximum Gasteiger partial charge on any atom is 0.337 e. The number of aromatic carboxylic acids is 1. The second-order valence-electron chi connectivity index (χ2n) is 3.61. The minimum atomic E-state index is -4.35. The van der Waals surface area contributed by atoms with E-state index in [0.717, 1.165) is 6.07 Å². The molecule has 8 heteroatoms. The quantitative estimate of drug-likeness (QED) is 0.526. The van der Waals surface area contributed by atoms with Gasteiger partial charge in [-0.1, -0.05) is 30.3 Å². The lowest BCUT2D eigenvalue weighted by atomic mass is 10.0. The first-order valence-electron chi connectivity index (χ1n) is 5.04. The number of fused-ring (bicyclic) bond motifs is 1. The fourth-order valence-electron chi connectivity index (χ4n) is 1.78. The fourth-order valence-corrected chi connectivity index (χ4v) is 2.66. The Morgan fingerprint density at radius 2 is 1.89 bits per heavy atom. The summed E-state index contributed by atoms with van der Waals surface area (Å²) >= 11 is 0. The third kappa shape index (κ3) is 2.22. The van der Waals surface area contributed by atoms with Crippen LogP contribution in [0.2, 0.25) is 0 Å². The van der Waals surface area contributed by atoms with Crippen LogP contribution in [0.15, 0.2) is 45.8 Å². The molecule has 1 N–H and O–H groups in total. The molecule has 0 saturated heterocycles. The van der Waals surface area contributed by atoms with Gasteiger partial charge in [-0.25, -0.2) is 13.2 Å². The lowest BCUT2D eigenvalue weighted by Crippen LogP contribution is -2.07. The molecule has 0 atom stereocenters. The predicted octanol–water partition coefficient (Wildman–Crippen LogP) is 2.54. The van der Waals surface area contributed by atoms with Gasteiger partial charge in [0.2, 0.25) is 0 Å². The molecule has 2 rings (SSSR count). The van der Waals surface area contributed by atoms with Gasteiger partial charge in [-0.15, -0.1) is 0 Å². The smallest absolute Gasteiger partial charge is 0.337 e. The third-order valence-electron chi connectivity index (χ3n) is 2.53. The van der Waals surface area contributed by atoms with Crippen molar-refractivity contribution in [3.05, 3.63) is 52.4 Å². The highest BCUT2D eigenvalue weighted by Crippen LogP contribution is 2.27. The highest BCUT2D eigenvalue weighted by molar-refractivity contribution is 7.90. The second-order valence-corrected chi connectivity index (χ2v) is 5.16. The number of azide groups is 1. The number of rotatable bonds is 3. The number of hydrogen-bond acceptors (Lipinski definition) is 3. The monoisotopic (exact) mass is 277 g/mol. The normalized spacial score (nSPS) is 10.9. The number of benzene rings is 2. The standard InChI is InChI=1S/C11H7N3O4S/c12-13-14-19(17,18)9-6-5-7-3-1-2-4-8(7)10(9)11(15)16/h1-6H,(H,15,16). The summed E-state index contributed by atoms with van der Waals surface area (Å²) < 4.78 is 26.1. The number of carboxylic acids is 1. The summed E-state index contributed by atoms with van der Waals surface area (Å²) in [6.45, 7) is 0. The van der Waals surface area contributed by atoms with E-state index in [0.29, 0.717) is 5.39 Å². The van der Waals surface area contributed by atoms with Gasteiger partial charge in [0.25, 0.3) is 10.0 Å². The first-order valence-corrected chi connectivity index (χ1v) is 6.48. The molecule has 96 valence electrons. The first-order chi connectivity index (χ1) is 8.97. The van der Waals surface area contributed by atoms with E-state index in [4.69, 9.17) is 5.53 Å². The number of carboxylic acid groups (broad SMARTS) is 1. The van der Waals surface area contributed by atoms with Crippen LogP contribution in [0.3, 0.4) is 0 Å². The van der Waals surface area contributed by atoms with E-state index >= 15 is 0 Å². The molecule has 2 aromatic carbocycles. The summed E-state index contributed by atoms with van der Waals surface area (Å²) in [7, 11) is -4.35. The maximum atomic E-state index is 11.7. The molecule has 0 aliphatic heterocycles. The zero-order valence-electron chi connectivity index (χ0n) is 9.39. The molecular weight excluding hydrogens is 270 g/mol. The minimum Gasteiger partial charge on any atom is -0.478 e. The van der Waals surface area contributed by atoms with Crippen molar-refractivity contribution in [2.24, 2.45) is 4.52 Å². The summed E-state index contributed by atoms with van der Waals surface area (Å²) in [6, 6.07) is 9.03. The lowest BCUT2D eigenvalue weighted by Gasteiger charge is -2.07. The van der Waals surface area contributed by atoms with Crippen molar-refractivity contribution in [3.8, 4) is 0 Å². The molecule has 0 heterocycles. The van der Waals surface area contributed by atoms with Crippen molar-refractivity contribution in [1.29, 1.82) is 0 Å². The largest absolute Gasteiger partial charge is 0.478 e. The molecule has 2 aromatic rings. The molecule has 7 nitrogen and oxygen atoms in total. The Morgan fingerprint density at radius 3 is 2.53 bits per heavy atom. The highest BCUT2D eigenvalue weighted by Gasteiger charge is 2.23. The Balaban J connectivity index is 2.94. The fraction of sp³-hybridized carbons (Fsp3) is 0. The molecule has 19 heavy (non-hydrogen) atoms. The topological polar surface area (TPSA) is 120 Å². The van der Waals surface area contributed by atoms with Gasteiger partial charge in [-0.05, 0) is 22.4 Å². The Bertz CT molecular complexity index is 823. The van der Waals surface area contributed by atoms with Crippen LogP contribution in [0.25, 0.3) is 21.2 Å². The van der Waals surface area contributed by atoms with E-state index in [1.54, 1.807) is 18.2 Å². The van der Waals surface area contributed by atoms with Crippen LogP contribution >= 0.6 is 0 Å². The van der Waals surface area contributed by atoms with Gasteiger partial charge in [0, 0.05) is 9.43 Å². The van der Waals surface area contributed by atoms with Gasteiger partial charge < -0.3 is 5.11 Å². The van der Waals surface area contributed by atoms with Crippen molar-refractivity contribution in [1.82, 2.24) is 0 Å². The number of hydrogen-bond donors (Lipinski definition) is 1. The van der Waals surface area contributed by atoms with Crippen molar-refractivity contribution in [2.75, 3.05) is 0 Å². The minimum absolute atomic E-state index is 0.268. The Morgan fingerprint density at radius 1 is 1.21 bits per heavy atom. The summed E-state index contributed by atoms with van der Waals surface area (Å²) in [6.07, 6.45) is 0. The van der Waals surface area contributed by atoms with Crippen molar-refractivity contribution >= 4 is 26.8 Å². The average Bonchev–Trinajstić information content (AvgIpc) is 2.37. The molecule has 0 aliphatic carbocycles. The SMILES string of the molecule is [N-]=[N+]=NS(=O)(=O)c1ccc2ccccc2c1C(=O)O. The third-order valence-corrected chi connectivity index (χ3v) is 3.71. The lowest BCUT2D eigenvalue weighted by molar-refractivity contribution is 0.0695. The average molecular weight is 277 g/mol. The molecule has 0 amide bonds. The molecular formula is C11H7N3O4S. The predicted molar refractivity (Wildman–Crippen MR) is 67.2 cm³/mol. The zero-order valence-corrected chi connectivity index (χ0v) is 10.2. The van der Waals surface area contributed by atoms with E-state index < -0.39 is 26.5 Å². The highest BCUT2D eigenvalue weighted by atomic mass is 32.2. The first kappa shape index (κ1) is 12.9. The summed E-state index contributed by atoms with van der Waals surface area (Å²) in [4.78, 5) is 13.0. The van der Waals surface area contributed by atoms with E-state index in [2.05, 4.69) is 9.43 Å². The summed E-state index contributed by atoms with van der Waals surface area (Å²) in [5.41, 5.74) is 7.84. The number of sulfonamides is 1. The van der Waals surface area contributed by atoms with Crippen molar-refractivity contribution < 1.29 is 18.3 Å². The molecule has 0 bridgehead atoms. The van der Waals surface area contributed by atoms with Crippen LogP contribution in [0.1, 0.15) is 10.4 Å². The van der Waals surface area contributed by atoms with Crippen LogP contribution in [-0.4, -0.2) is 19.5 Å². The van der Waals surface area contributed by atoms with E-state index in [1.807, 2.05) is 0 Å². The van der Waals surface area contributed by atoms with Gasteiger partial charge >= 0.3 is 5.97 Å². The molecule has 0 aromatic heterocycles. The van der Waals surface area contributed by atoms with Crippen LogP contribution in [-0.2, 0) is 10.0 Å². The maximum absolute atomic E-state index is 11.7. The number of nitrogens with zero attached hydrogens (tertiary/aromatic N) is 3. The van der Waals surface area contributed by atoms with E-state index in [1.165, 1.54) is 12.1 Å². The zero-order chi connectivity index (χ0) is 14.0. The Kier molecular flexibility index (Phi) is 3.12.